The number of imidazole rings is 1. The Morgan fingerprint density at radius 2 is 1.96 bits per heavy atom. The van der Waals surface area contributed by atoms with E-state index in [9.17, 15) is 19.2 Å². The van der Waals surface area contributed by atoms with E-state index in [0.29, 0.717) is 5.69 Å². The number of aliphatic carboxylic acids is 1. The maximum Gasteiger partial charge on any atom is 0.326 e. The molecule has 1 aromatic heterocycles. The summed E-state index contributed by atoms with van der Waals surface area (Å²) in [7, 11) is 0. The largest absolute Gasteiger partial charge is 0.480 e. The number of nitrogens with zero attached hydrogens (tertiary/aromatic N) is 1. The highest BCUT2D eigenvalue weighted by Crippen LogP contribution is 2.01. The molecule has 0 saturated heterocycles. The van der Waals surface area contributed by atoms with E-state index in [2.05, 4.69) is 20.6 Å². The molecule has 1 heterocycles. The van der Waals surface area contributed by atoms with Crippen molar-refractivity contribution >= 4 is 23.7 Å². The van der Waals surface area contributed by atoms with Crippen LogP contribution < -0.4 is 22.1 Å². The summed E-state index contributed by atoms with van der Waals surface area (Å²) in [5.41, 5.74) is 10.7. The number of carbonyl (C=O) groups excluding carboxylic acids is 3. The molecule has 3 amide bonds. The van der Waals surface area contributed by atoms with E-state index < -0.39 is 42.2 Å². The Balaban J connectivity index is 2.82. The van der Waals surface area contributed by atoms with Gasteiger partial charge in [0, 0.05) is 18.3 Å². The van der Waals surface area contributed by atoms with Crippen LogP contribution in [0.25, 0.3) is 0 Å². The zero-order valence-electron chi connectivity index (χ0n) is 12.1. The summed E-state index contributed by atoms with van der Waals surface area (Å²) in [6.07, 6.45) is 2.32. The Morgan fingerprint density at radius 3 is 2.43 bits per heavy atom. The van der Waals surface area contributed by atoms with E-state index in [0.717, 1.165) is 0 Å². The van der Waals surface area contributed by atoms with Crippen LogP contribution in [-0.4, -0.2) is 57.4 Å². The first-order chi connectivity index (χ1) is 10.8. The molecule has 8 N–H and O–H groups in total. The third kappa shape index (κ3) is 6.13. The molecule has 0 fully saturated rings. The molecule has 0 aliphatic carbocycles. The SMILES string of the molecule is NCC(=O)NC(Cc1cnc[nH]1)C(=O)NC(CC(N)=O)C(=O)O. The fraction of sp³-hybridized carbons (Fsp3) is 0.417. The van der Waals surface area contributed by atoms with Crippen LogP contribution in [0.4, 0.5) is 0 Å². The van der Waals surface area contributed by atoms with Crippen LogP contribution in [0.1, 0.15) is 12.1 Å². The molecule has 1 aromatic rings. The van der Waals surface area contributed by atoms with Gasteiger partial charge in [0.2, 0.25) is 17.7 Å². The minimum absolute atomic E-state index is 0.0421. The molecule has 0 aromatic carbocycles. The van der Waals surface area contributed by atoms with Crippen LogP contribution in [0.2, 0.25) is 0 Å². The molecule has 11 heteroatoms. The van der Waals surface area contributed by atoms with E-state index in [1.807, 2.05) is 0 Å². The van der Waals surface area contributed by atoms with Gasteiger partial charge in [-0.25, -0.2) is 9.78 Å². The van der Waals surface area contributed by atoms with Crippen molar-refractivity contribution in [3.8, 4) is 0 Å². The Morgan fingerprint density at radius 1 is 1.26 bits per heavy atom. The lowest BCUT2D eigenvalue weighted by Crippen LogP contribution is -2.54. The van der Waals surface area contributed by atoms with Crippen LogP contribution in [0.5, 0.6) is 0 Å². The van der Waals surface area contributed by atoms with E-state index >= 15 is 0 Å². The normalized spacial score (nSPS) is 12.9. The van der Waals surface area contributed by atoms with Gasteiger partial charge >= 0.3 is 5.97 Å². The second-order valence-electron chi connectivity index (χ2n) is 4.68. The third-order valence-corrected chi connectivity index (χ3v) is 2.84. The van der Waals surface area contributed by atoms with Crippen LogP contribution in [0, 0.1) is 0 Å². The predicted octanol–water partition coefficient (Wildman–Crippen LogP) is -3.16. The second-order valence-corrected chi connectivity index (χ2v) is 4.68. The highest BCUT2D eigenvalue weighted by atomic mass is 16.4. The molecular weight excluding hydrogens is 308 g/mol. The van der Waals surface area contributed by atoms with Gasteiger partial charge in [0.15, 0.2) is 0 Å². The van der Waals surface area contributed by atoms with Gasteiger partial charge < -0.3 is 32.2 Å². The van der Waals surface area contributed by atoms with Crippen molar-refractivity contribution in [2.45, 2.75) is 24.9 Å². The second kappa shape index (κ2) is 8.48. The molecule has 2 unspecified atom stereocenters. The van der Waals surface area contributed by atoms with Crippen molar-refractivity contribution in [3.63, 3.8) is 0 Å². The lowest BCUT2D eigenvalue weighted by atomic mass is 10.1. The summed E-state index contributed by atoms with van der Waals surface area (Å²) in [4.78, 5) is 52.1. The summed E-state index contributed by atoms with van der Waals surface area (Å²) >= 11 is 0. The van der Waals surface area contributed by atoms with Crippen LogP contribution in [-0.2, 0) is 25.6 Å². The highest BCUT2D eigenvalue weighted by molar-refractivity contribution is 5.92. The van der Waals surface area contributed by atoms with Crippen molar-refractivity contribution in [1.82, 2.24) is 20.6 Å². The minimum Gasteiger partial charge on any atom is -0.480 e. The maximum atomic E-state index is 12.2. The van der Waals surface area contributed by atoms with Crippen LogP contribution in [0.3, 0.4) is 0 Å². The molecule has 11 nitrogen and oxygen atoms in total. The fourth-order valence-electron chi connectivity index (χ4n) is 1.75. The van der Waals surface area contributed by atoms with Gasteiger partial charge in [-0.2, -0.15) is 0 Å². The van der Waals surface area contributed by atoms with Gasteiger partial charge in [-0.1, -0.05) is 0 Å². The molecule has 126 valence electrons. The predicted molar refractivity (Wildman–Crippen MR) is 76.7 cm³/mol. The first kappa shape index (κ1) is 18.1. The zero-order valence-corrected chi connectivity index (χ0v) is 12.1. The van der Waals surface area contributed by atoms with Gasteiger partial charge in [-0.15, -0.1) is 0 Å². The van der Waals surface area contributed by atoms with E-state index in [1.54, 1.807) is 0 Å². The summed E-state index contributed by atoms with van der Waals surface area (Å²) in [6, 6.07) is -2.57. The van der Waals surface area contributed by atoms with Gasteiger partial charge in [-0.05, 0) is 0 Å². The number of aromatic nitrogens is 2. The van der Waals surface area contributed by atoms with Crippen molar-refractivity contribution in [3.05, 3.63) is 18.2 Å². The number of hydrogen-bond donors (Lipinski definition) is 6. The molecule has 0 aliphatic rings. The third-order valence-electron chi connectivity index (χ3n) is 2.84. The molecule has 0 aliphatic heterocycles. The number of aromatic amines is 1. The molecule has 0 spiro atoms. The average Bonchev–Trinajstić information content (AvgIpc) is 2.97. The van der Waals surface area contributed by atoms with Gasteiger partial charge in [0.25, 0.3) is 0 Å². The standard InChI is InChI=1S/C12H18N6O5/c13-3-10(20)17-7(1-6-4-15-5-16-6)11(21)18-8(12(22)23)2-9(14)19/h4-5,7-8H,1-3,13H2,(H2,14,19)(H,15,16)(H,17,20)(H,18,21)(H,22,23). The number of primary amides is 1. The van der Waals surface area contributed by atoms with Gasteiger partial charge in [-0.3, -0.25) is 14.4 Å². The summed E-state index contributed by atoms with van der Waals surface area (Å²) < 4.78 is 0. The molecule has 1 rings (SSSR count). The monoisotopic (exact) mass is 326 g/mol. The number of nitrogens with one attached hydrogen (secondary N) is 3. The Labute approximate surface area is 130 Å². The number of rotatable bonds is 9. The number of carboxylic acid groups (broad SMARTS) is 1. The number of carbonyl (C=O) groups is 4. The molecule has 0 bridgehead atoms. The minimum atomic E-state index is -1.49. The highest BCUT2D eigenvalue weighted by Gasteiger charge is 2.27. The Bertz CT molecular complexity index is 573. The summed E-state index contributed by atoms with van der Waals surface area (Å²) in [5, 5.41) is 13.5. The van der Waals surface area contributed by atoms with Crippen molar-refractivity contribution in [2.24, 2.45) is 11.5 Å². The summed E-state index contributed by atoms with van der Waals surface area (Å²) in [6.45, 7) is -0.337. The van der Waals surface area contributed by atoms with Gasteiger partial charge in [0.05, 0.1) is 19.3 Å². The smallest absolute Gasteiger partial charge is 0.326 e. The lowest BCUT2D eigenvalue weighted by Gasteiger charge is -2.20. The van der Waals surface area contributed by atoms with Crippen LogP contribution in [0.15, 0.2) is 12.5 Å². The van der Waals surface area contributed by atoms with E-state index in [1.165, 1.54) is 12.5 Å². The number of amides is 3. The Hall–Kier alpha value is -2.95. The zero-order chi connectivity index (χ0) is 17.4. The van der Waals surface area contributed by atoms with Crippen molar-refractivity contribution in [1.29, 1.82) is 0 Å². The fourth-order valence-corrected chi connectivity index (χ4v) is 1.75. The first-order valence-corrected chi connectivity index (χ1v) is 6.61. The number of carboxylic acids is 1. The molecule has 0 saturated carbocycles. The average molecular weight is 326 g/mol. The molecule has 2 atom stereocenters. The quantitative estimate of drug-likeness (QED) is 0.275. The lowest BCUT2D eigenvalue weighted by molar-refractivity contribution is -0.143. The van der Waals surface area contributed by atoms with Crippen LogP contribution >= 0.6 is 0 Å². The van der Waals surface area contributed by atoms with Crippen molar-refractivity contribution < 1.29 is 24.3 Å². The number of hydrogen-bond acceptors (Lipinski definition) is 6. The topological polar surface area (TPSA) is 193 Å². The van der Waals surface area contributed by atoms with E-state index in [4.69, 9.17) is 16.6 Å². The maximum absolute atomic E-state index is 12.2. The molecule has 23 heavy (non-hydrogen) atoms. The number of H-pyrrole nitrogens is 1. The first-order valence-electron chi connectivity index (χ1n) is 6.61. The van der Waals surface area contributed by atoms with E-state index in [-0.39, 0.29) is 13.0 Å². The van der Waals surface area contributed by atoms with Gasteiger partial charge in [0.1, 0.15) is 12.1 Å². The molecular formula is C12H18N6O5. The summed E-state index contributed by atoms with van der Waals surface area (Å²) in [5.74, 6) is -3.67. The van der Waals surface area contributed by atoms with Crippen molar-refractivity contribution in [2.75, 3.05) is 6.54 Å². The number of nitrogens with two attached hydrogens (primary N) is 2. The molecule has 0 radical (unpaired) electrons. The Kier molecular flexibility index (Phi) is 6.68.